The summed E-state index contributed by atoms with van der Waals surface area (Å²) < 4.78 is 60.5. The molecule has 1 aromatic heterocycles. The highest BCUT2D eigenvalue weighted by Gasteiger charge is 2.39. The van der Waals surface area contributed by atoms with E-state index in [0.29, 0.717) is 6.42 Å². The molecule has 1 aromatic carbocycles. The second-order valence-corrected chi connectivity index (χ2v) is 5.89. The first-order valence-corrected chi connectivity index (χ1v) is 7.99. The van der Waals surface area contributed by atoms with Gasteiger partial charge in [0, 0.05) is 12.6 Å². The second-order valence-electron chi connectivity index (χ2n) is 5.48. The number of aromatic amines is 1. The van der Waals surface area contributed by atoms with E-state index < -0.39 is 45.8 Å². The number of benzene rings is 1. The zero-order chi connectivity index (χ0) is 19.6. The molecule has 0 amide bonds. The second kappa shape index (κ2) is 7.53. The van der Waals surface area contributed by atoms with Crippen LogP contribution in [-0.2, 0) is 13.2 Å². The van der Waals surface area contributed by atoms with Crippen molar-refractivity contribution in [3.05, 3.63) is 49.5 Å². The average Bonchev–Trinajstić information content (AvgIpc) is 2.53. The van der Waals surface area contributed by atoms with Crippen LogP contribution in [-0.4, -0.2) is 16.2 Å². The number of unbranched alkanes of at least 4 members (excludes halogenated alkanes) is 1. The quantitative estimate of drug-likeness (QED) is 0.621. The van der Waals surface area contributed by atoms with E-state index in [1.807, 2.05) is 6.92 Å². The number of ether oxygens (including phenoxy) is 1. The average molecular weight is 395 g/mol. The van der Waals surface area contributed by atoms with Gasteiger partial charge in [-0.3, -0.25) is 14.3 Å². The number of hydrogen-bond acceptors (Lipinski definition) is 3. The molecule has 0 bridgehead atoms. The summed E-state index contributed by atoms with van der Waals surface area (Å²) in [5.74, 6) is -1.65. The Bertz CT molecular complexity index is 935. The van der Waals surface area contributed by atoms with Gasteiger partial charge in [0.15, 0.2) is 11.6 Å². The molecule has 0 aliphatic carbocycles. The number of aromatic nitrogens is 2. The van der Waals surface area contributed by atoms with Gasteiger partial charge in [-0.15, -0.1) is 0 Å². The first-order valence-electron chi connectivity index (χ1n) is 7.61. The summed E-state index contributed by atoms with van der Waals surface area (Å²) in [5, 5.41) is -0.142. The Morgan fingerprint density at radius 2 is 1.92 bits per heavy atom. The monoisotopic (exact) mass is 394 g/mol. The number of nitrogens with zero attached hydrogens (tertiary/aromatic N) is 1. The fourth-order valence-corrected chi connectivity index (χ4v) is 2.58. The Kier molecular flexibility index (Phi) is 5.80. The molecule has 0 radical (unpaired) electrons. The molecular weight excluding hydrogens is 380 g/mol. The predicted octanol–water partition coefficient (Wildman–Crippen LogP) is 3.73. The summed E-state index contributed by atoms with van der Waals surface area (Å²) in [5.41, 5.74) is -5.87. The number of hydrogen-bond donors (Lipinski definition) is 1. The van der Waals surface area contributed by atoms with Gasteiger partial charge >= 0.3 is 11.9 Å². The molecule has 0 spiro atoms. The molecule has 0 aliphatic rings. The van der Waals surface area contributed by atoms with Crippen molar-refractivity contribution in [2.45, 2.75) is 25.9 Å². The summed E-state index contributed by atoms with van der Waals surface area (Å²) >= 11 is 5.87. The van der Waals surface area contributed by atoms with E-state index >= 15 is 0 Å². The minimum Gasteiger partial charge on any atom is -0.489 e. The van der Waals surface area contributed by atoms with Gasteiger partial charge in [-0.1, -0.05) is 24.9 Å². The van der Waals surface area contributed by atoms with Crippen LogP contribution in [0, 0.1) is 5.82 Å². The van der Waals surface area contributed by atoms with E-state index in [-0.39, 0.29) is 16.2 Å². The maximum Gasteiger partial charge on any atom is 0.432 e. The first-order chi connectivity index (χ1) is 12.1. The summed E-state index contributed by atoms with van der Waals surface area (Å²) in [7, 11) is 0.830. The smallest absolute Gasteiger partial charge is 0.432 e. The van der Waals surface area contributed by atoms with Gasteiger partial charge < -0.3 is 4.74 Å². The van der Waals surface area contributed by atoms with Gasteiger partial charge in [0.05, 0.1) is 17.2 Å². The third kappa shape index (κ3) is 3.77. The minimum absolute atomic E-state index is 0.104. The van der Waals surface area contributed by atoms with Gasteiger partial charge in [-0.2, -0.15) is 13.2 Å². The number of rotatable bonds is 5. The van der Waals surface area contributed by atoms with Crippen molar-refractivity contribution in [3.8, 4) is 16.9 Å². The topological polar surface area (TPSA) is 64.1 Å². The predicted molar refractivity (Wildman–Crippen MR) is 88.1 cm³/mol. The highest BCUT2D eigenvalue weighted by Crippen LogP contribution is 2.39. The molecule has 0 saturated heterocycles. The first kappa shape index (κ1) is 20.0. The summed E-state index contributed by atoms with van der Waals surface area (Å²) in [6.07, 6.45) is -3.74. The highest BCUT2D eigenvalue weighted by atomic mass is 35.5. The maximum atomic E-state index is 14.8. The zero-order valence-corrected chi connectivity index (χ0v) is 14.6. The fraction of sp³-hybridized carbons (Fsp3) is 0.375. The van der Waals surface area contributed by atoms with E-state index in [4.69, 9.17) is 16.3 Å². The molecule has 26 heavy (non-hydrogen) atoms. The Morgan fingerprint density at radius 3 is 2.50 bits per heavy atom. The SMILES string of the molecule is CCCCOc1c(Cl)ccc(-c2c(C(F)(F)F)n(C)c(=O)[nH]c2=O)c1F. The van der Waals surface area contributed by atoms with E-state index in [1.165, 1.54) is 0 Å². The third-order valence-electron chi connectivity index (χ3n) is 3.66. The highest BCUT2D eigenvalue weighted by molar-refractivity contribution is 6.32. The summed E-state index contributed by atoms with van der Waals surface area (Å²) in [6, 6.07) is 2.07. The van der Waals surface area contributed by atoms with Crippen LogP contribution in [0.15, 0.2) is 21.7 Å². The molecule has 0 unspecified atom stereocenters. The molecule has 0 aliphatic heterocycles. The van der Waals surface area contributed by atoms with Gasteiger partial charge in [-0.05, 0) is 18.6 Å². The Hall–Kier alpha value is -2.29. The lowest BCUT2D eigenvalue weighted by Crippen LogP contribution is -2.35. The van der Waals surface area contributed by atoms with Crippen LogP contribution in [0.1, 0.15) is 25.5 Å². The molecule has 0 fully saturated rings. The third-order valence-corrected chi connectivity index (χ3v) is 3.95. The van der Waals surface area contributed by atoms with Gasteiger partial charge in [0.25, 0.3) is 5.56 Å². The fourth-order valence-electron chi connectivity index (χ4n) is 2.38. The molecule has 10 heteroatoms. The van der Waals surface area contributed by atoms with E-state index in [2.05, 4.69) is 0 Å². The minimum atomic E-state index is -5.06. The van der Waals surface area contributed by atoms with Crippen LogP contribution in [0.3, 0.4) is 0 Å². The number of nitrogens with one attached hydrogen (secondary N) is 1. The number of H-pyrrole nitrogens is 1. The van der Waals surface area contributed by atoms with Crippen molar-refractivity contribution in [3.63, 3.8) is 0 Å². The summed E-state index contributed by atoms with van der Waals surface area (Å²) in [4.78, 5) is 25.3. The van der Waals surface area contributed by atoms with Crippen molar-refractivity contribution < 1.29 is 22.3 Å². The lowest BCUT2D eigenvalue weighted by atomic mass is 10.0. The van der Waals surface area contributed by atoms with Crippen LogP contribution in [0.2, 0.25) is 5.02 Å². The van der Waals surface area contributed by atoms with E-state index in [9.17, 15) is 27.2 Å². The lowest BCUT2D eigenvalue weighted by molar-refractivity contribution is -0.143. The number of alkyl halides is 3. The van der Waals surface area contributed by atoms with Crippen molar-refractivity contribution in [2.24, 2.45) is 7.05 Å². The zero-order valence-electron chi connectivity index (χ0n) is 13.8. The molecule has 0 atom stereocenters. The molecule has 2 rings (SSSR count). The lowest BCUT2D eigenvalue weighted by Gasteiger charge is -2.17. The largest absolute Gasteiger partial charge is 0.489 e. The Labute approximate surface area is 150 Å². The van der Waals surface area contributed by atoms with Crippen LogP contribution in [0.4, 0.5) is 17.6 Å². The molecule has 0 saturated carbocycles. The Balaban J connectivity index is 2.78. The molecule has 2 aromatic rings. The van der Waals surface area contributed by atoms with E-state index in [1.54, 1.807) is 4.98 Å². The maximum absolute atomic E-state index is 14.8. The van der Waals surface area contributed by atoms with Gasteiger partial charge in [0.2, 0.25) is 0 Å². The van der Waals surface area contributed by atoms with Crippen LogP contribution >= 0.6 is 11.6 Å². The van der Waals surface area contributed by atoms with Crippen LogP contribution in [0.5, 0.6) is 5.75 Å². The molecule has 1 heterocycles. The molecular formula is C16H15ClF4N2O3. The van der Waals surface area contributed by atoms with Crippen LogP contribution in [0.25, 0.3) is 11.1 Å². The molecule has 142 valence electrons. The summed E-state index contributed by atoms with van der Waals surface area (Å²) in [6.45, 7) is 1.98. The standard InChI is InChI=1S/C16H15ClF4N2O3/c1-3-4-7-26-12-9(17)6-5-8(11(12)18)10-13(16(19,20)21)23(2)15(25)22-14(10)24/h5-6H,3-4,7H2,1-2H3,(H,22,24,25). The van der Waals surface area contributed by atoms with Gasteiger partial charge in [0.1, 0.15) is 5.69 Å². The van der Waals surface area contributed by atoms with E-state index in [0.717, 1.165) is 25.6 Å². The van der Waals surface area contributed by atoms with Crippen molar-refractivity contribution >= 4 is 11.6 Å². The van der Waals surface area contributed by atoms with Crippen molar-refractivity contribution in [2.75, 3.05) is 6.61 Å². The van der Waals surface area contributed by atoms with Crippen molar-refractivity contribution in [1.82, 2.24) is 9.55 Å². The van der Waals surface area contributed by atoms with Gasteiger partial charge in [-0.25, -0.2) is 9.18 Å². The Morgan fingerprint density at radius 1 is 1.27 bits per heavy atom. The molecule has 1 N–H and O–H groups in total. The normalized spacial score (nSPS) is 11.7. The molecule has 5 nitrogen and oxygen atoms in total. The van der Waals surface area contributed by atoms with Crippen LogP contribution < -0.4 is 16.0 Å². The number of halogens is 5. The van der Waals surface area contributed by atoms with Crippen molar-refractivity contribution in [1.29, 1.82) is 0 Å².